The van der Waals surface area contributed by atoms with Crippen LogP contribution < -0.4 is 5.32 Å². The third kappa shape index (κ3) is 4.40. The zero-order chi connectivity index (χ0) is 13.8. The van der Waals surface area contributed by atoms with Gasteiger partial charge in [-0.05, 0) is 46.2 Å². The van der Waals surface area contributed by atoms with Crippen molar-refractivity contribution in [3.05, 3.63) is 29.8 Å². The van der Waals surface area contributed by atoms with Gasteiger partial charge in [-0.2, -0.15) is 0 Å². The van der Waals surface area contributed by atoms with Crippen LogP contribution in [0.3, 0.4) is 0 Å². The van der Waals surface area contributed by atoms with Crippen LogP contribution in [0.2, 0.25) is 0 Å². The topological polar surface area (TPSA) is 38.3 Å². The van der Waals surface area contributed by atoms with E-state index in [1.54, 1.807) is 6.07 Å². The number of anilines is 1. The minimum absolute atomic E-state index is 0.283. The fourth-order valence-electron chi connectivity index (χ4n) is 1.49. The summed E-state index contributed by atoms with van der Waals surface area (Å²) in [5, 5.41) is 3.33. The monoisotopic (exact) mass is 249 g/mol. The fourth-order valence-corrected chi connectivity index (χ4v) is 1.49. The highest BCUT2D eigenvalue weighted by Gasteiger charge is 2.20. The first kappa shape index (κ1) is 14.6. The van der Waals surface area contributed by atoms with Gasteiger partial charge in [0.15, 0.2) is 0 Å². The molecule has 18 heavy (non-hydrogen) atoms. The zero-order valence-corrected chi connectivity index (χ0v) is 11.9. The Kier molecular flexibility index (Phi) is 4.76. The summed E-state index contributed by atoms with van der Waals surface area (Å²) in [4.78, 5) is 12.1. The van der Waals surface area contributed by atoms with E-state index in [0.717, 1.165) is 12.1 Å². The molecule has 1 unspecified atom stereocenters. The predicted molar refractivity (Wildman–Crippen MR) is 75.0 cm³/mol. The van der Waals surface area contributed by atoms with Gasteiger partial charge in [-0.3, -0.25) is 0 Å². The smallest absolute Gasteiger partial charge is 0.340 e. The minimum Gasteiger partial charge on any atom is -0.456 e. The Morgan fingerprint density at radius 3 is 2.50 bits per heavy atom. The number of ether oxygens (including phenoxy) is 1. The molecule has 1 N–H and O–H groups in total. The first-order valence-corrected chi connectivity index (χ1v) is 6.42. The first-order chi connectivity index (χ1) is 8.33. The van der Waals surface area contributed by atoms with Crippen LogP contribution in [-0.4, -0.2) is 17.6 Å². The lowest BCUT2D eigenvalue weighted by molar-refractivity contribution is 0.00707. The van der Waals surface area contributed by atoms with Crippen LogP contribution in [0.1, 0.15) is 51.4 Å². The summed E-state index contributed by atoms with van der Waals surface area (Å²) < 4.78 is 5.40. The highest BCUT2D eigenvalue weighted by Crippen LogP contribution is 2.20. The van der Waals surface area contributed by atoms with Crippen LogP contribution in [0.25, 0.3) is 0 Å². The summed E-state index contributed by atoms with van der Waals surface area (Å²) in [6, 6.07) is 7.79. The van der Waals surface area contributed by atoms with Crippen molar-refractivity contribution < 1.29 is 9.53 Å². The van der Waals surface area contributed by atoms with Gasteiger partial charge in [0.25, 0.3) is 0 Å². The van der Waals surface area contributed by atoms with Gasteiger partial charge in [0.2, 0.25) is 0 Å². The number of carbonyl (C=O) groups is 1. The molecular formula is C15H23NO2. The van der Waals surface area contributed by atoms with E-state index in [2.05, 4.69) is 19.2 Å². The van der Waals surface area contributed by atoms with Gasteiger partial charge in [-0.1, -0.05) is 19.1 Å². The van der Waals surface area contributed by atoms with Crippen LogP contribution >= 0.6 is 0 Å². The van der Waals surface area contributed by atoms with Crippen molar-refractivity contribution in [3.8, 4) is 0 Å². The van der Waals surface area contributed by atoms with Crippen molar-refractivity contribution in [2.75, 3.05) is 5.32 Å². The Labute approximate surface area is 110 Å². The van der Waals surface area contributed by atoms with Gasteiger partial charge in [0.1, 0.15) is 5.60 Å². The average Bonchev–Trinajstić information content (AvgIpc) is 2.27. The normalized spacial score (nSPS) is 12.9. The van der Waals surface area contributed by atoms with Gasteiger partial charge >= 0.3 is 5.97 Å². The van der Waals surface area contributed by atoms with Gasteiger partial charge in [0, 0.05) is 11.7 Å². The quantitative estimate of drug-likeness (QED) is 0.824. The van der Waals surface area contributed by atoms with Gasteiger partial charge in [-0.15, -0.1) is 0 Å². The Hall–Kier alpha value is -1.51. The fraction of sp³-hybridized carbons (Fsp3) is 0.533. The lowest BCUT2D eigenvalue weighted by Gasteiger charge is -2.21. The molecular weight excluding hydrogens is 226 g/mol. The summed E-state index contributed by atoms with van der Waals surface area (Å²) in [5.41, 5.74) is 0.953. The second kappa shape index (κ2) is 5.89. The summed E-state index contributed by atoms with van der Waals surface area (Å²) in [5.74, 6) is -0.283. The number of hydrogen-bond acceptors (Lipinski definition) is 3. The molecule has 0 aliphatic heterocycles. The Morgan fingerprint density at radius 1 is 1.33 bits per heavy atom. The van der Waals surface area contributed by atoms with Gasteiger partial charge < -0.3 is 10.1 Å². The standard InChI is InChI=1S/C15H23NO2/c1-6-11(2)16-13-10-8-7-9-12(13)14(17)18-15(3,4)5/h7-11,16H,6H2,1-5H3. The molecule has 3 nitrogen and oxygen atoms in total. The summed E-state index contributed by atoms with van der Waals surface area (Å²) in [6.07, 6.45) is 1.00. The molecule has 0 amide bonds. The van der Waals surface area contributed by atoms with Gasteiger partial charge in [0.05, 0.1) is 5.56 Å². The molecule has 1 aromatic rings. The van der Waals surface area contributed by atoms with Crippen molar-refractivity contribution in [2.45, 2.75) is 52.7 Å². The highest BCUT2D eigenvalue weighted by molar-refractivity contribution is 5.95. The molecule has 0 heterocycles. The van der Waals surface area contributed by atoms with E-state index < -0.39 is 5.60 Å². The third-order valence-corrected chi connectivity index (χ3v) is 2.56. The Balaban J connectivity index is 2.91. The molecule has 1 aromatic carbocycles. The highest BCUT2D eigenvalue weighted by atomic mass is 16.6. The number of hydrogen-bond donors (Lipinski definition) is 1. The molecule has 0 aromatic heterocycles. The molecule has 0 radical (unpaired) electrons. The lowest BCUT2D eigenvalue weighted by Crippen LogP contribution is -2.25. The van der Waals surface area contributed by atoms with Crippen LogP contribution in [-0.2, 0) is 4.74 Å². The van der Waals surface area contributed by atoms with Crippen LogP contribution in [0.4, 0.5) is 5.69 Å². The van der Waals surface area contributed by atoms with E-state index in [0.29, 0.717) is 11.6 Å². The van der Waals surface area contributed by atoms with Crippen molar-refractivity contribution in [1.29, 1.82) is 0 Å². The molecule has 0 spiro atoms. The zero-order valence-electron chi connectivity index (χ0n) is 11.9. The van der Waals surface area contributed by atoms with Crippen LogP contribution in [0.5, 0.6) is 0 Å². The minimum atomic E-state index is -0.472. The molecule has 0 fully saturated rings. The predicted octanol–water partition coefficient (Wildman–Crippen LogP) is 3.85. The summed E-state index contributed by atoms with van der Waals surface area (Å²) in [7, 11) is 0. The second-order valence-corrected chi connectivity index (χ2v) is 5.50. The van der Waals surface area contributed by atoms with E-state index in [4.69, 9.17) is 4.74 Å². The number of rotatable bonds is 4. The lowest BCUT2D eigenvalue weighted by atomic mass is 10.1. The van der Waals surface area contributed by atoms with E-state index in [-0.39, 0.29) is 5.97 Å². The van der Waals surface area contributed by atoms with E-state index in [9.17, 15) is 4.79 Å². The van der Waals surface area contributed by atoms with E-state index in [1.807, 2.05) is 39.0 Å². The molecule has 0 aliphatic carbocycles. The third-order valence-electron chi connectivity index (χ3n) is 2.56. The number of para-hydroxylation sites is 1. The number of benzene rings is 1. The van der Waals surface area contributed by atoms with Crippen LogP contribution in [0.15, 0.2) is 24.3 Å². The molecule has 100 valence electrons. The Bertz CT molecular complexity index is 407. The van der Waals surface area contributed by atoms with Crippen molar-refractivity contribution in [3.63, 3.8) is 0 Å². The molecule has 3 heteroatoms. The van der Waals surface area contributed by atoms with Gasteiger partial charge in [-0.25, -0.2) is 4.79 Å². The van der Waals surface area contributed by atoms with Crippen molar-refractivity contribution in [2.24, 2.45) is 0 Å². The van der Waals surface area contributed by atoms with Crippen molar-refractivity contribution in [1.82, 2.24) is 0 Å². The number of carbonyl (C=O) groups excluding carboxylic acids is 1. The number of esters is 1. The van der Waals surface area contributed by atoms with E-state index >= 15 is 0 Å². The SMILES string of the molecule is CCC(C)Nc1ccccc1C(=O)OC(C)(C)C. The first-order valence-electron chi connectivity index (χ1n) is 6.42. The van der Waals surface area contributed by atoms with Crippen molar-refractivity contribution >= 4 is 11.7 Å². The molecule has 0 aliphatic rings. The second-order valence-electron chi connectivity index (χ2n) is 5.50. The maximum atomic E-state index is 12.1. The molecule has 1 rings (SSSR count). The number of nitrogens with one attached hydrogen (secondary N) is 1. The molecule has 0 saturated carbocycles. The average molecular weight is 249 g/mol. The maximum absolute atomic E-state index is 12.1. The summed E-state index contributed by atoms with van der Waals surface area (Å²) >= 11 is 0. The molecule has 1 atom stereocenters. The van der Waals surface area contributed by atoms with Crippen LogP contribution in [0, 0.1) is 0 Å². The molecule has 0 bridgehead atoms. The molecule has 0 saturated heterocycles. The summed E-state index contributed by atoms with van der Waals surface area (Å²) in [6.45, 7) is 9.81. The largest absolute Gasteiger partial charge is 0.456 e. The maximum Gasteiger partial charge on any atom is 0.340 e. The van der Waals surface area contributed by atoms with E-state index in [1.165, 1.54) is 0 Å². The Morgan fingerprint density at radius 2 is 1.94 bits per heavy atom.